The molecule has 0 saturated carbocycles. The number of hydrogen-bond donors (Lipinski definition) is 0. The summed E-state index contributed by atoms with van der Waals surface area (Å²) in [5.41, 5.74) is 1.32. The van der Waals surface area contributed by atoms with Gasteiger partial charge in [-0.15, -0.1) is 0 Å². The van der Waals surface area contributed by atoms with Gasteiger partial charge in [-0.2, -0.15) is 4.31 Å². The van der Waals surface area contributed by atoms with Gasteiger partial charge in [0.15, 0.2) is 0 Å². The fourth-order valence-corrected chi connectivity index (χ4v) is 5.90. The Morgan fingerprint density at radius 1 is 1.13 bits per heavy atom. The van der Waals surface area contributed by atoms with E-state index in [9.17, 15) is 16.8 Å². The van der Waals surface area contributed by atoms with E-state index in [0.29, 0.717) is 38.4 Å². The molecule has 2 aliphatic heterocycles. The fraction of sp³-hybridized carbons (Fsp3) is 0.571. The second kappa shape index (κ2) is 5.73. The zero-order valence-corrected chi connectivity index (χ0v) is 14.7. The van der Waals surface area contributed by atoms with Gasteiger partial charge < -0.3 is 4.74 Å². The van der Waals surface area contributed by atoms with Gasteiger partial charge >= 0.3 is 0 Å². The number of anilines is 1. The number of fused-ring (bicyclic) bond motifs is 1. The number of sulfonamides is 2. The first-order valence-corrected chi connectivity index (χ1v) is 10.7. The molecular weight excluding hydrogens is 340 g/mol. The molecule has 3 rings (SSSR count). The van der Waals surface area contributed by atoms with Crippen LogP contribution in [0, 0.1) is 0 Å². The molecule has 1 fully saturated rings. The Balaban J connectivity index is 1.98. The van der Waals surface area contributed by atoms with E-state index in [1.54, 1.807) is 12.1 Å². The molecule has 7 nitrogen and oxygen atoms in total. The maximum atomic E-state index is 12.7. The quantitative estimate of drug-likeness (QED) is 0.780. The van der Waals surface area contributed by atoms with Gasteiger partial charge in [-0.3, -0.25) is 4.31 Å². The van der Waals surface area contributed by atoms with Gasteiger partial charge in [0.1, 0.15) is 0 Å². The largest absolute Gasteiger partial charge is 0.379 e. The molecule has 1 aromatic carbocycles. The molecule has 1 saturated heterocycles. The third kappa shape index (κ3) is 2.98. The van der Waals surface area contributed by atoms with Gasteiger partial charge in [-0.25, -0.2) is 16.8 Å². The third-order valence-electron chi connectivity index (χ3n) is 4.17. The molecule has 0 amide bonds. The predicted octanol–water partition coefficient (Wildman–Crippen LogP) is 0.418. The highest BCUT2D eigenvalue weighted by atomic mass is 32.2. The van der Waals surface area contributed by atoms with Crippen molar-refractivity contribution in [3.05, 3.63) is 23.8 Å². The SMILES string of the molecule is C[C@@H]1Cc2cc(S(=O)(=O)N3CCOCC3)ccc2N1S(C)(=O)=O. The summed E-state index contributed by atoms with van der Waals surface area (Å²) in [6.45, 7) is 3.28. The standard InChI is InChI=1S/C14H20N2O5S2/c1-11-9-12-10-13(3-4-14(12)16(11)22(2,17)18)23(19,20)15-5-7-21-8-6-15/h3-4,10-11H,5-9H2,1-2H3/t11-/m1/s1. The molecule has 2 aliphatic rings. The van der Waals surface area contributed by atoms with Crippen molar-refractivity contribution < 1.29 is 21.6 Å². The van der Waals surface area contributed by atoms with Crippen LogP contribution in [0.5, 0.6) is 0 Å². The molecule has 0 aliphatic carbocycles. The van der Waals surface area contributed by atoms with Crippen molar-refractivity contribution in [3.63, 3.8) is 0 Å². The van der Waals surface area contributed by atoms with Crippen LogP contribution in [0.4, 0.5) is 5.69 Å². The second-order valence-corrected chi connectivity index (χ2v) is 9.72. The molecule has 9 heteroatoms. The maximum absolute atomic E-state index is 12.7. The minimum atomic E-state index is -3.57. The zero-order valence-electron chi connectivity index (χ0n) is 13.1. The first kappa shape index (κ1) is 16.7. The molecule has 0 unspecified atom stereocenters. The summed E-state index contributed by atoms with van der Waals surface area (Å²) in [4.78, 5) is 0.209. The Bertz CT molecular complexity index is 814. The van der Waals surface area contributed by atoms with E-state index in [1.807, 2.05) is 6.92 Å². The molecule has 0 spiro atoms. The minimum absolute atomic E-state index is 0.207. The number of ether oxygens (including phenoxy) is 1. The Kier molecular flexibility index (Phi) is 4.16. The van der Waals surface area contributed by atoms with E-state index in [0.717, 1.165) is 11.8 Å². The average Bonchev–Trinajstić information content (AvgIpc) is 2.82. The lowest BCUT2D eigenvalue weighted by Gasteiger charge is -2.26. The highest BCUT2D eigenvalue weighted by Crippen LogP contribution is 2.36. The molecule has 128 valence electrons. The van der Waals surface area contributed by atoms with Crippen LogP contribution in [-0.2, 0) is 31.2 Å². The van der Waals surface area contributed by atoms with Gasteiger partial charge in [0.2, 0.25) is 20.0 Å². The van der Waals surface area contributed by atoms with Gasteiger partial charge in [0.25, 0.3) is 0 Å². The first-order valence-electron chi connectivity index (χ1n) is 7.41. The third-order valence-corrected chi connectivity index (χ3v) is 7.33. The van der Waals surface area contributed by atoms with Crippen molar-refractivity contribution in [1.82, 2.24) is 4.31 Å². The van der Waals surface area contributed by atoms with Crippen LogP contribution >= 0.6 is 0 Å². The molecule has 0 N–H and O–H groups in total. The lowest BCUT2D eigenvalue weighted by molar-refractivity contribution is 0.0730. The van der Waals surface area contributed by atoms with Crippen molar-refractivity contribution in [2.45, 2.75) is 24.3 Å². The first-order chi connectivity index (χ1) is 10.7. The van der Waals surface area contributed by atoms with Crippen molar-refractivity contribution in [2.75, 3.05) is 36.9 Å². The Morgan fingerprint density at radius 2 is 1.78 bits per heavy atom. The van der Waals surface area contributed by atoms with Gasteiger partial charge in [0, 0.05) is 19.1 Å². The molecule has 2 heterocycles. The summed E-state index contributed by atoms with van der Waals surface area (Å²) in [6.07, 6.45) is 1.67. The van der Waals surface area contributed by atoms with Crippen LogP contribution in [0.15, 0.2) is 23.1 Å². The van der Waals surface area contributed by atoms with E-state index in [2.05, 4.69) is 0 Å². The second-order valence-electron chi connectivity index (χ2n) is 5.92. The lowest BCUT2D eigenvalue weighted by atomic mass is 10.1. The monoisotopic (exact) mass is 360 g/mol. The van der Waals surface area contributed by atoms with Gasteiger partial charge in [0.05, 0.1) is 30.1 Å². The zero-order chi connectivity index (χ0) is 16.8. The molecule has 1 aromatic rings. The summed E-state index contributed by atoms with van der Waals surface area (Å²) in [5.74, 6) is 0. The van der Waals surface area contributed by atoms with Crippen LogP contribution in [-0.4, -0.2) is 59.7 Å². The number of benzene rings is 1. The van der Waals surface area contributed by atoms with E-state index in [4.69, 9.17) is 4.74 Å². The molecular formula is C14H20N2O5S2. The number of morpholine rings is 1. The summed E-state index contributed by atoms with van der Waals surface area (Å²) >= 11 is 0. The van der Waals surface area contributed by atoms with E-state index in [-0.39, 0.29) is 10.9 Å². The minimum Gasteiger partial charge on any atom is -0.379 e. The highest BCUT2D eigenvalue weighted by Gasteiger charge is 2.34. The van der Waals surface area contributed by atoms with E-state index < -0.39 is 20.0 Å². The molecule has 0 radical (unpaired) electrons. The average molecular weight is 360 g/mol. The van der Waals surface area contributed by atoms with Crippen LogP contribution in [0.25, 0.3) is 0 Å². The summed E-state index contributed by atoms with van der Waals surface area (Å²) < 4.78 is 57.2. The van der Waals surface area contributed by atoms with Crippen molar-refractivity contribution in [1.29, 1.82) is 0 Å². The number of hydrogen-bond acceptors (Lipinski definition) is 5. The van der Waals surface area contributed by atoms with E-state index >= 15 is 0 Å². The molecule has 1 atom stereocenters. The fourth-order valence-electron chi connectivity index (χ4n) is 3.18. The van der Waals surface area contributed by atoms with Crippen molar-refractivity contribution in [3.8, 4) is 0 Å². The Labute approximate surface area is 136 Å². The highest BCUT2D eigenvalue weighted by molar-refractivity contribution is 7.92. The lowest BCUT2D eigenvalue weighted by Crippen LogP contribution is -2.40. The number of rotatable bonds is 3. The molecule has 0 bridgehead atoms. The predicted molar refractivity (Wildman–Crippen MR) is 86.5 cm³/mol. The smallest absolute Gasteiger partial charge is 0.243 e. The molecule has 23 heavy (non-hydrogen) atoms. The van der Waals surface area contributed by atoms with Gasteiger partial charge in [-0.05, 0) is 37.1 Å². The van der Waals surface area contributed by atoms with Crippen molar-refractivity contribution in [2.24, 2.45) is 0 Å². The Hall–Kier alpha value is -1.16. The normalized spacial score (nSPS) is 23.0. The van der Waals surface area contributed by atoms with Crippen molar-refractivity contribution >= 4 is 25.7 Å². The van der Waals surface area contributed by atoms with Crippen LogP contribution in [0.1, 0.15) is 12.5 Å². The Morgan fingerprint density at radius 3 is 2.39 bits per heavy atom. The number of nitrogens with zero attached hydrogens (tertiary/aromatic N) is 2. The van der Waals surface area contributed by atoms with Crippen LogP contribution in [0.2, 0.25) is 0 Å². The molecule has 0 aromatic heterocycles. The maximum Gasteiger partial charge on any atom is 0.243 e. The summed E-state index contributed by atoms with van der Waals surface area (Å²) in [6, 6.07) is 4.47. The topological polar surface area (TPSA) is 84.0 Å². The summed E-state index contributed by atoms with van der Waals surface area (Å²) in [5, 5.41) is 0. The van der Waals surface area contributed by atoms with Crippen LogP contribution < -0.4 is 4.31 Å². The summed E-state index contributed by atoms with van der Waals surface area (Å²) in [7, 11) is -6.95. The van der Waals surface area contributed by atoms with Crippen LogP contribution in [0.3, 0.4) is 0 Å². The van der Waals surface area contributed by atoms with Gasteiger partial charge in [-0.1, -0.05) is 0 Å². The van der Waals surface area contributed by atoms with E-state index in [1.165, 1.54) is 14.7 Å².